The Kier molecular flexibility index (Phi) is 4.38. The number of rotatable bonds is 6. The highest BCUT2D eigenvalue weighted by Crippen LogP contribution is 2.35. The summed E-state index contributed by atoms with van der Waals surface area (Å²) in [6, 6.07) is 1.55. The number of carboxylic acids is 1. The zero-order valence-electron chi connectivity index (χ0n) is 10.3. The van der Waals surface area contributed by atoms with Crippen molar-refractivity contribution in [3.63, 3.8) is 0 Å². The number of nitro benzene ring substituents is 2. The molecule has 0 atom stereocenters. The van der Waals surface area contributed by atoms with E-state index >= 15 is 0 Å². The maximum Gasteiger partial charge on any atom is 0.319 e. The molecule has 1 aromatic carbocycles. The molecule has 0 aliphatic carbocycles. The summed E-state index contributed by atoms with van der Waals surface area (Å²) in [5.74, 6) is -3.28. The number of benzene rings is 1. The first-order valence-electron chi connectivity index (χ1n) is 5.14. The molecule has 0 fully saturated rings. The highest BCUT2D eigenvalue weighted by atomic mass is 32.2. The molecule has 0 amide bonds. The average molecular weight is 316 g/mol. The van der Waals surface area contributed by atoms with Crippen molar-refractivity contribution in [2.45, 2.75) is 4.90 Å². The van der Waals surface area contributed by atoms with E-state index in [9.17, 15) is 33.4 Å². The minimum atomic E-state index is -4.75. The van der Waals surface area contributed by atoms with Crippen LogP contribution in [0.3, 0.4) is 0 Å². The minimum Gasteiger partial charge on any atom is -0.480 e. The van der Waals surface area contributed by atoms with E-state index in [0.717, 1.165) is 18.2 Å². The number of carbonyl (C=O) groups is 1. The molecule has 0 heterocycles. The monoisotopic (exact) mass is 316 g/mol. The Bertz CT molecular complexity index is 717. The molecular weight excluding hydrogens is 308 g/mol. The van der Waals surface area contributed by atoms with Gasteiger partial charge in [-0.15, -0.1) is 0 Å². The molecule has 112 valence electrons. The second-order valence-electron chi connectivity index (χ2n) is 3.76. The molecule has 11 heteroatoms. The van der Waals surface area contributed by atoms with Crippen molar-refractivity contribution in [1.29, 1.82) is 0 Å². The Labute approximate surface area is 117 Å². The molecule has 0 aliphatic heterocycles. The van der Waals surface area contributed by atoms with Gasteiger partial charge in [0.25, 0.3) is 11.4 Å². The topological polar surface area (TPSA) is 158 Å². The average Bonchev–Trinajstić information content (AvgIpc) is 2.35. The molecule has 0 spiro atoms. The maximum atomic E-state index is 11.9. The summed E-state index contributed by atoms with van der Waals surface area (Å²) >= 11 is 0. The molecular formula is C10H8N2O8S. The molecule has 0 bridgehead atoms. The predicted octanol–water partition coefficient (Wildman–Crippen LogP) is 1.00. The van der Waals surface area contributed by atoms with Gasteiger partial charge in [0.2, 0.25) is 14.7 Å². The summed E-state index contributed by atoms with van der Waals surface area (Å²) in [7, 11) is -4.75. The van der Waals surface area contributed by atoms with Crippen LogP contribution in [0.1, 0.15) is 5.56 Å². The van der Waals surface area contributed by atoms with E-state index in [1.165, 1.54) is 0 Å². The first kappa shape index (κ1) is 16.2. The van der Waals surface area contributed by atoms with E-state index in [4.69, 9.17) is 5.11 Å². The minimum absolute atomic E-state index is 0.0392. The van der Waals surface area contributed by atoms with E-state index < -0.39 is 47.7 Å². The molecule has 1 aromatic rings. The highest BCUT2D eigenvalue weighted by molar-refractivity contribution is 7.92. The van der Waals surface area contributed by atoms with Crippen LogP contribution in [-0.4, -0.2) is 35.1 Å². The zero-order valence-corrected chi connectivity index (χ0v) is 11.1. The van der Waals surface area contributed by atoms with Gasteiger partial charge >= 0.3 is 5.97 Å². The number of aliphatic carboxylic acids is 1. The summed E-state index contributed by atoms with van der Waals surface area (Å²) in [5, 5.41) is 30.4. The third-order valence-corrected chi connectivity index (χ3v) is 3.99. The Hall–Kier alpha value is -2.82. The molecule has 10 nitrogen and oxygen atoms in total. The number of carboxylic acid groups (broad SMARTS) is 1. The van der Waals surface area contributed by atoms with E-state index in [2.05, 4.69) is 6.58 Å². The number of nitrogens with zero attached hydrogens (tertiary/aromatic N) is 2. The lowest BCUT2D eigenvalue weighted by molar-refractivity contribution is -0.399. The lowest BCUT2D eigenvalue weighted by Gasteiger charge is -2.05. The molecule has 0 radical (unpaired) electrons. The van der Waals surface area contributed by atoms with Gasteiger partial charge < -0.3 is 5.11 Å². The van der Waals surface area contributed by atoms with Crippen LogP contribution in [0.4, 0.5) is 11.4 Å². The molecule has 1 rings (SSSR count). The van der Waals surface area contributed by atoms with Gasteiger partial charge in [0.1, 0.15) is 0 Å². The maximum absolute atomic E-state index is 11.9. The van der Waals surface area contributed by atoms with E-state index in [-0.39, 0.29) is 5.56 Å². The first-order valence-corrected chi connectivity index (χ1v) is 6.79. The lowest BCUT2D eigenvalue weighted by atomic mass is 10.1. The Morgan fingerprint density at radius 3 is 1.95 bits per heavy atom. The van der Waals surface area contributed by atoms with Crippen molar-refractivity contribution >= 4 is 33.3 Å². The lowest BCUT2D eigenvalue weighted by Crippen LogP contribution is -2.18. The van der Waals surface area contributed by atoms with Gasteiger partial charge in [0, 0.05) is 12.1 Å². The number of sulfone groups is 1. The van der Waals surface area contributed by atoms with Gasteiger partial charge in [0.05, 0.1) is 9.85 Å². The van der Waals surface area contributed by atoms with Gasteiger partial charge in [-0.25, -0.2) is 8.42 Å². The summed E-state index contributed by atoms with van der Waals surface area (Å²) in [6.07, 6.45) is 1.06. The summed E-state index contributed by atoms with van der Waals surface area (Å²) in [4.78, 5) is 28.9. The van der Waals surface area contributed by atoms with Gasteiger partial charge in [-0.05, 0) is 5.56 Å². The van der Waals surface area contributed by atoms with Gasteiger partial charge in [0.15, 0.2) is 5.75 Å². The Morgan fingerprint density at radius 2 is 1.67 bits per heavy atom. The Balaban J connectivity index is 3.84. The third-order valence-electron chi connectivity index (χ3n) is 2.33. The van der Waals surface area contributed by atoms with E-state index in [0.29, 0.717) is 0 Å². The molecule has 0 saturated heterocycles. The van der Waals surface area contributed by atoms with Crippen molar-refractivity contribution in [2.24, 2.45) is 0 Å². The van der Waals surface area contributed by atoms with E-state index in [1.54, 1.807) is 0 Å². The molecule has 0 aliphatic rings. The van der Waals surface area contributed by atoms with Crippen LogP contribution in [0.5, 0.6) is 0 Å². The number of nitro groups is 2. The molecule has 21 heavy (non-hydrogen) atoms. The SMILES string of the molecule is C=Cc1cc([N+](=O)[O-])c(S(=O)(=O)CC(=O)O)c([N+](=O)[O-])c1. The Morgan fingerprint density at radius 1 is 1.24 bits per heavy atom. The van der Waals surface area contributed by atoms with Crippen molar-refractivity contribution in [3.05, 3.63) is 44.5 Å². The van der Waals surface area contributed by atoms with Crippen LogP contribution in [0, 0.1) is 20.2 Å². The summed E-state index contributed by atoms with van der Waals surface area (Å²) < 4.78 is 23.8. The predicted molar refractivity (Wildman–Crippen MR) is 69.5 cm³/mol. The highest BCUT2D eigenvalue weighted by Gasteiger charge is 2.37. The second kappa shape index (κ2) is 5.66. The molecule has 0 unspecified atom stereocenters. The van der Waals surface area contributed by atoms with Crippen LogP contribution in [0.2, 0.25) is 0 Å². The fourth-order valence-electron chi connectivity index (χ4n) is 1.56. The first-order chi connectivity index (χ1) is 9.60. The normalized spacial score (nSPS) is 10.9. The van der Waals surface area contributed by atoms with Crippen molar-refractivity contribution in [2.75, 3.05) is 5.75 Å². The second-order valence-corrected chi connectivity index (χ2v) is 5.69. The fourth-order valence-corrected chi connectivity index (χ4v) is 2.94. The van der Waals surface area contributed by atoms with Crippen LogP contribution in [0.15, 0.2) is 23.6 Å². The molecule has 0 aromatic heterocycles. The third kappa shape index (κ3) is 3.39. The largest absolute Gasteiger partial charge is 0.480 e. The van der Waals surface area contributed by atoms with E-state index in [1.807, 2.05) is 0 Å². The van der Waals surface area contributed by atoms with Crippen molar-refractivity contribution in [1.82, 2.24) is 0 Å². The summed E-state index contributed by atoms with van der Waals surface area (Å²) in [6.45, 7) is 3.28. The van der Waals surface area contributed by atoms with Crippen LogP contribution in [0.25, 0.3) is 6.08 Å². The molecule has 0 saturated carbocycles. The zero-order chi connectivity index (χ0) is 16.4. The van der Waals surface area contributed by atoms with Crippen LogP contribution in [-0.2, 0) is 14.6 Å². The van der Waals surface area contributed by atoms with Gasteiger partial charge in [-0.1, -0.05) is 12.7 Å². The standard InChI is InChI=1S/C10H8N2O8S/c1-2-6-3-7(11(15)16)10(8(4-6)12(17)18)21(19,20)5-9(13)14/h2-4H,1,5H2,(H,13,14). The fraction of sp³-hybridized carbons (Fsp3) is 0.100. The van der Waals surface area contributed by atoms with Gasteiger partial charge in [-0.2, -0.15) is 0 Å². The quantitative estimate of drug-likeness (QED) is 0.601. The molecule has 1 N–H and O–H groups in total. The van der Waals surface area contributed by atoms with Crippen LogP contribution < -0.4 is 0 Å². The number of hydrogen-bond acceptors (Lipinski definition) is 7. The summed E-state index contributed by atoms with van der Waals surface area (Å²) in [5.41, 5.74) is -2.18. The van der Waals surface area contributed by atoms with Gasteiger partial charge in [-0.3, -0.25) is 25.0 Å². The smallest absolute Gasteiger partial charge is 0.319 e. The number of hydrogen-bond donors (Lipinski definition) is 1. The van der Waals surface area contributed by atoms with Crippen molar-refractivity contribution in [3.8, 4) is 0 Å². The van der Waals surface area contributed by atoms with Crippen molar-refractivity contribution < 1.29 is 28.2 Å². The van der Waals surface area contributed by atoms with Crippen LogP contribution >= 0.6 is 0 Å².